The van der Waals surface area contributed by atoms with E-state index in [1.165, 1.54) is 13.2 Å². The fraction of sp³-hybridized carbons (Fsp3) is 0.182. The number of hydrogen-bond acceptors (Lipinski definition) is 5. The van der Waals surface area contributed by atoms with Crippen LogP contribution >= 0.6 is 11.6 Å². The summed E-state index contributed by atoms with van der Waals surface area (Å²) in [5, 5.41) is 14.0. The van der Waals surface area contributed by atoms with Crippen molar-refractivity contribution in [1.29, 1.82) is 5.26 Å². The molecule has 0 saturated carbocycles. The number of hydrogen-bond donors (Lipinski definition) is 2. The zero-order chi connectivity index (χ0) is 22.4. The number of fused-ring (bicyclic) bond motifs is 1. The predicted molar refractivity (Wildman–Crippen MR) is 112 cm³/mol. The summed E-state index contributed by atoms with van der Waals surface area (Å²) in [4.78, 5) is 36.8. The molecule has 0 spiro atoms. The minimum absolute atomic E-state index is 0.0841. The number of imide groups is 1. The van der Waals surface area contributed by atoms with Gasteiger partial charge in [-0.2, -0.15) is 5.26 Å². The molecular formula is C22H17ClN4O4. The first-order valence-corrected chi connectivity index (χ1v) is 9.50. The zero-order valence-corrected chi connectivity index (χ0v) is 17.2. The van der Waals surface area contributed by atoms with Crippen molar-refractivity contribution in [2.75, 3.05) is 13.7 Å². The lowest BCUT2D eigenvalue weighted by Gasteiger charge is -2.21. The summed E-state index contributed by atoms with van der Waals surface area (Å²) in [7, 11) is 1.52. The molecule has 0 aliphatic carbocycles. The Hall–Kier alpha value is -4.01. The molecule has 0 radical (unpaired) electrons. The van der Waals surface area contributed by atoms with Crippen LogP contribution in [0.3, 0.4) is 0 Å². The van der Waals surface area contributed by atoms with Crippen molar-refractivity contribution in [3.63, 3.8) is 0 Å². The van der Waals surface area contributed by atoms with Gasteiger partial charge in [-0.1, -0.05) is 29.5 Å². The van der Waals surface area contributed by atoms with Gasteiger partial charge in [-0.25, -0.2) is 4.79 Å². The Kier molecular flexibility index (Phi) is 6.76. The third kappa shape index (κ3) is 5.33. The van der Waals surface area contributed by atoms with Crippen LogP contribution < -0.4 is 15.4 Å². The molecule has 1 aliphatic heterocycles. The third-order valence-electron chi connectivity index (χ3n) is 4.51. The van der Waals surface area contributed by atoms with Crippen molar-refractivity contribution in [1.82, 2.24) is 15.5 Å². The summed E-state index contributed by atoms with van der Waals surface area (Å²) in [6.07, 6.45) is 0.249. The number of carbonyl (C=O) groups is 3. The van der Waals surface area contributed by atoms with E-state index in [1.54, 1.807) is 29.2 Å². The first-order chi connectivity index (χ1) is 14.9. The van der Waals surface area contributed by atoms with Gasteiger partial charge in [-0.05, 0) is 35.9 Å². The molecule has 3 rings (SSSR count). The van der Waals surface area contributed by atoms with Crippen LogP contribution in [0, 0.1) is 23.2 Å². The first-order valence-electron chi connectivity index (χ1n) is 9.12. The number of amides is 4. The smallest absolute Gasteiger partial charge is 0.322 e. The highest BCUT2D eigenvalue weighted by atomic mass is 35.5. The maximum Gasteiger partial charge on any atom is 0.322 e. The van der Waals surface area contributed by atoms with E-state index in [-0.39, 0.29) is 18.9 Å². The Balaban J connectivity index is 1.83. The number of benzene rings is 2. The average molecular weight is 437 g/mol. The summed E-state index contributed by atoms with van der Waals surface area (Å²) in [5.41, 5.74) is 2.19. The Morgan fingerprint density at radius 2 is 2.10 bits per heavy atom. The van der Waals surface area contributed by atoms with Gasteiger partial charge in [0.25, 0.3) is 5.91 Å². The van der Waals surface area contributed by atoms with E-state index < -0.39 is 12.1 Å². The lowest BCUT2D eigenvalue weighted by molar-refractivity contribution is -0.108. The molecular weight excluding hydrogens is 420 g/mol. The molecule has 0 fully saturated rings. The van der Waals surface area contributed by atoms with E-state index >= 15 is 0 Å². The number of ether oxygens (including phenoxy) is 1. The van der Waals surface area contributed by atoms with Gasteiger partial charge in [0.15, 0.2) is 0 Å². The van der Waals surface area contributed by atoms with E-state index in [4.69, 9.17) is 21.6 Å². The lowest BCUT2D eigenvalue weighted by Crippen LogP contribution is -2.46. The Labute approximate surface area is 183 Å². The van der Waals surface area contributed by atoms with Crippen molar-refractivity contribution < 1.29 is 19.1 Å². The minimum Gasteiger partial charge on any atom is -0.497 e. The number of nitriles is 1. The Morgan fingerprint density at radius 1 is 1.32 bits per heavy atom. The van der Waals surface area contributed by atoms with Gasteiger partial charge in [-0.3, -0.25) is 14.9 Å². The number of halogens is 1. The second-order valence-corrected chi connectivity index (χ2v) is 7.04. The number of nitrogens with zero attached hydrogens (tertiary/aromatic N) is 2. The van der Waals surface area contributed by atoms with E-state index in [2.05, 4.69) is 17.2 Å². The standard InChI is InChI=1S/C22H17ClN4O4/c1-31-19-5-3-16-11-27(21(29)20(16)9-19)12-18(26-22(30)25-13-28)4-2-14-6-15(10-24)8-17(23)7-14/h3,5-9,13,18H,11-12H2,1H3,(H2,25,26,28,30)/t18-/m1/s1. The first kappa shape index (κ1) is 21.7. The van der Waals surface area contributed by atoms with Crippen LogP contribution in [0.15, 0.2) is 36.4 Å². The zero-order valence-electron chi connectivity index (χ0n) is 16.4. The number of carbonyl (C=O) groups excluding carboxylic acids is 3. The molecule has 1 heterocycles. The van der Waals surface area contributed by atoms with Crippen molar-refractivity contribution in [3.05, 3.63) is 63.7 Å². The summed E-state index contributed by atoms with van der Waals surface area (Å²) >= 11 is 6.00. The Bertz CT molecular complexity index is 1150. The number of methoxy groups -OCH3 is 1. The van der Waals surface area contributed by atoms with Gasteiger partial charge in [0.1, 0.15) is 11.8 Å². The second kappa shape index (κ2) is 9.66. The molecule has 1 aliphatic rings. The van der Waals surface area contributed by atoms with Gasteiger partial charge in [0.05, 0.1) is 25.3 Å². The summed E-state index contributed by atoms with van der Waals surface area (Å²) < 4.78 is 5.17. The molecule has 9 heteroatoms. The molecule has 0 unspecified atom stereocenters. The van der Waals surface area contributed by atoms with Crippen LogP contribution in [0.4, 0.5) is 4.79 Å². The molecule has 2 aromatic carbocycles. The SMILES string of the molecule is COc1ccc2c(c1)C(=O)N(C[C@@H](C#Cc1cc(Cl)cc(C#N)c1)NC(=O)NC=O)C2. The van der Waals surface area contributed by atoms with Crippen LogP contribution in [-0.4, -0.2) is 42.9 Å². The fourth-order valence-electron chi connectivity index (χ4n) is 3.11. The Morgan fingerprint density at radius 3 is 2.81 bits per heavy atom. The van der Waals surface area contributed by atoms with E-state index in [1.807, 2.05) is 17.5 Å². The molecule has 31 heavy (non-hydrogen) atoms. The van der Waals surface area contributed by atoms with Crippen LogP contribution in [0.25, 0.3) is 0 Å². The molecule has 0 bridgehead atoms. The van der Waals surface area contributed by atoms with Gasteiger partial charge in [0.2, 0.25) is 6.41 Å². The summed E-state index contributed by atoms with van der Waals surface area (Å²) in [6, 6.07) is 10.4. The van der Waals surface area contributed by atoms with Crippen molar-refractivity contribution in [3.8, 4) is 23.7 Å². The number of urea groups is 1. The quantitative estimate of drug-likeness (QED) is 0.550. The number of rotatable bonds is 5. The molecule has 0 aromatic heterocycles. The van der Waals surface area contributed by atoms with Crippen molar-refractivity contribution in [2.24, 2.45) is 0 Å². The molecule has 2 N–H and O–H groups in total. The van der Waals surface area contributed by atoms with Crippen molar-refractivity contribution >= 4 is 29.9 Å². The maximum absolute atomic E-state index is 12.8. The van der Waals surface area contributed by atoms with Gasteiger partial charge >= 0.3 is 6.03 Å². The lowest BCUT2D eigenvalue weighted by atomic mass is 10.1. The van der Waals surface area contributed by atoms with E-state index in [9.17, 15) is 14.4 Å². The molecule has 156 valence electrons. The highest BCUT2D eigenvalue weighted by Crippen LogP contribution is 2.26. The maximum atomic E-state index is 12.8. The molecule has 8 nitrogen and oxygen atoms in total. The highest BCUT2D eigenvalue weighted by molar-refractivity contribution is 6.30. The molecule has 0 saturated heterocycles. The highest BCUT2D eigenvalue weighted by Gasteiger charge is 2.29. The van der Waals surface area contributed by atoms with Gasteiger partial charge < -0.3 is 15.0 Å². The molecule has 1 atom stereocenters. The largest absolute Gasteiger partial charge is 0.497 e. The normalized spacial score (nSPS) is 12.7. The second-order valence-electron chi connectivity index (χ2n) is 6.61. The predicted octanol–water partition coefficient (Wildman–Crippen LogP) is 2.05. The third-order valence-corrected chi connectivity index (χ3v) is 4.73. The van der Waals surface area contributed by atoms with E-state index in [0.29, 0.717) is 34.0 Å². The van der Waals surface area contributed by atoms with Crippen molar-refractivity contribution in [2.45, 2.75) is 12.6 Å². The van der Waals surface area contributed by atoms with Crippen LogP contribution in [0.5, 0.6) is 5.75 Å². The van der Waals surface area contributed by atoms with Gasteiger partial charge in [0, 0.05) is 22.7 Å². The van der Waals surface area contributed by atoms with Crippen LogP contribution in [0.2, 0.25) is 5.02 Å². The topological polar surface area (TPSA) is 112 Å². The minimum atomic E-state index is -0.787. The monoisotopic (exact) mass is 436 g/mol. The van der Waals surface area contributed by atoms with E-state index in [0.717, 1.165) is 5.56 Å². The molecule has 4 amide bonds. The van der Waals surface area contributed by atoms with Gasteiger partial charge in [-0.15, -0.1) is 0 Å². The molecule has 2 aromatic rings. The van der Waals surface area contributed by atoms with Crippen LogP contribution in [0.1, 0.15) is 27.0 Å². The fourth-order valence-corrected chi connectivity index (χ4v) is 3.35. The number of nitrogens with one attached hydrogen (secondary N) is 2. The summed E-state index contributed by atoms with van der Waals surface area (Å²) in [5.74, 6) is 6.10. The van der Waals surface area contributed by atoms with Crippen LogP contribution in [-0.2, 0) is 11.3 Å². The summed E-state index contributed by atoms with van der Waals surface area (Å²) in [6.45, 7) is 0.434. The average Bonchev–Trinajstić information content (AvgIpc) is 3.06.